The Morgan fingerprint density at radius 2 is 1.95 bits per heavy atom. The highest BCUT2D eigenvalue weighted by Crippen LogP contribution is 2.40. The molecule has 6 heteroatoms. The van der Waals surface area contributed by atoms with Gasteiger partial charge in [0.05, 0.1) is 10.2 Å². The Morgan fingerprint density at radius 1 is 1.10 bits per heavy atom. The zero-order valence-electron chi connectivity index (χ0n) is 10.3. The average molecular weight is 403 g/mol. The first-order valence-corrected chi connectivity index (χ1v) is 7.49. The largest absolute Gasteiger partial charge is 0.454 e. The summed E-state index contributed by atoms with van der Waals surface area (Å²) in [5.74, 6) is 1.16. The van der Waals surface area contributed by atoms with E-state index in [2.05, 4.69) is 37.2 Å². The van der Waals surface area contributed by atoms with Crippen molar-refractivity contribution >= 4 is 37.5 Å². The first kappa shape index (κ1) is 13.7. The molecule has 0 unspecified atom stereocenters. The lowest BCUT2D eigenvalue weighted by atomic mass is 10.2. The van der Waals surface area contributed by atoms with Crippen molar-refractivity contribution in [2.24, 2.45) is 0 Å². The molecule has 1 aliphatic rings. The van der Waals surface area contributed by atoms with Gasteiger partial charge >= 0.3 is 0 Å². The van der Waals surface area contributed by atoms with Gasteiger partial charge in [-0.2, -0.15) is 0 Å². The summed E-state index contributed by atoms with van der Waals surface area (Å²) in [5, 5.41) is 3.18. The van der Waals surface area contributed by atoms with E-state index in [0.29, 0.717) is 12.2 Å². The lowest BCUT2D eigenvalue weighted by Gasteiger charge is -2.10. The third-order valence-corrected chi connectivity index (χ3v) is 4.18. The molecule has 0 fully saturated rings. The van der Waals surface area contributed by atoms with Gasteiger partial charge in [0.15, 0.2) is 11.5 Å². The van der Waals surface area contributed by atoms with Gasteiger partial charge in [-0.25, -0.2) is 4.39 Å². The molecule has 0 saturated carbocycles. The van der Waals surface area contributed by atoms with Crippen molar-refractivity contribution in [3.05, 3.63) is 50.7 Å². The average Bonchev–Trinajstić information content (AvgIpc) is 2.89. The van der Waals surface area contributed by atoms with E-state index in [0.717, 1.165) is 26.0 Å². The maximum Gasteiger partial charge on any atom is 0.231 e. The number of ether oxygens (including phenoxy) is 2. The molecule has 1 heterocycles. The first-order chi connectivity index (χ1) is 9.63. The molecule has 20 heavy (non-hydrogen) atoms. The topological polar surface area (TPSA) is 30.5 Å². The Balaban J connectivity index is 1.79. The second kappa shape index (κ2) is 5.61. The van der Waals surface area contributed by atoms with Crippen molar-refractivity contribution in [2.45, 2.75) is 6.54 Å². The fourth-order valence-corrected chi connectivity index (χ4v) is 2.94. The van der Waals surface area contributed by atoms with E-state index < -0.39 is 0 Å². The number of fused-ring (bicyclic) bond motifs is 1. The lowest BCUT2D eigenvalue weighted by Crippen LogP contribution is -2.00. The van der Waals surface area contributed by atoms with E-state index in [-0.39, 0.29) is 12.6 Å². The molecule has 0 bridgehead atoms. The van der Waals surface area contributed by atoms with Gasteiger partial charge in [0, 0.05) is 11.0 Å². The van der Waals surface area contributed by atoms with Gasteiger partial charge in [0.1, 0.15) is 5.82 Å². The summed E-state index contributed by atoms with van der Waals surface area (Å²) >= 11 is 6.83. The molecule has 1 aliphatic heterocycles. The summed E-state index contributed by atoms with van der Waals surface area (Å²) in [6.45, 7) is 0.789. The summed E-state index contributed by atoms with van der Waals surface area (Å²) in [5.41, 5.74) is 1.72. The second-order valence-corrected chi connectivity index (χ2v) is 6.00. The van der Waals surface area contributed by atoms with Gasteiger partial charge in [0.2, 0.25) is 6.79 Å². The van der Waals surface area contributed by atoms with Crippen molar-refractivity contribution in [3.8, 4) is 11.5 Å². The zero-order valence-corrected chi connectivity index (χ0v) is 13.4. The highest BCUT2D eigenvalue weighted by molar-refractivity contribution is 9.11. The Morgan fingerprint density at radius 3 is 2.80 bits per heavy atom. The van der Waals surface area contributed by atoms with Crippen LogP contribution in [-0.4, -0.2) is 6.79 Å². The number of anilines is 1. The summed E-state index contributed by atoms with van der Waals surface area (Å²) in [6, 6.07) is 8.40. The quantitative estimate of drug-likeness (QED) is 0.807. The van der Waals surface area contributed by atoms with Crippen LogP contribution in [0.15, 0.2) is 39.3 Å². The van der Waals surface area contributed by atoms with Gasteiger partial charge in [-0.3, -0.25) is 0 Å². The van der Waals surface area contributed by atoms with Crippen LogP contribution in [-0.2, 0) is 6.54 Å². The number of benzene rings is 2. The van der Waals surface area contributed by atoms with Crippen LogP contribution in [0, 0.1) is 5.82 Å². The zero-order chi connectivity index (χ0) is 14.1. The lowest BCUT2D eigenvalue weighted by molar-refractivity contribution is 0.173. The minimum absolute atomic E-state index is 0.236. The Labute approximate surface area is 132 Å². The molecule has 0 atom stereocenters. The predicted octanol–water partition coefficient (Wildman–Crippen LogP) is 4.69. The second-order valence-electron chi connectivity index (χ2n) is 4.29. The van der Waals surface area contributed by atoms with Crippen molar-refractivity contribution in [1.82, 2.24) is 0 Å². The number of nitrogens with one attached hydrogen (secondary N) is 1. The fraction of sp³-hybridized carbons (Fsp3) is 0.143. The van der Waals surface area contributed by atoms with Crippen LogP contribution in [0.3, 0.4) is 0 Å². The maximum atomic E-state index is 13.2. The summed E-state index contributed by atoms with van der Waals surface area (Å²) in [6.07, 6.45) is 0. The Bertz CT molecular complexity index is 664. The number of halogens is 3. The predicted molar refractivity (Wildman–Crippen MR) is 81.7 cm³/mol. The monoisotopic (exact) mass is 401 g/mol. The number of rotatable bonds is 3. The summed E-state index contributed by atoms with van der Waals surface area (Å²) < 4.78 is 25.6. The molecule has 1 N–H and O–H groups in total. The van der Waals surface area contributed by atoms with Crippen molar-refractivity contribution in [3.63, 3.8) is 0 Å². The third kappa shape index (κ3) is 2.76. The summed E-state index contributed by atoms with van der Waals surface area (Å²) in [7, 11) is 0. The van der Waals surface area contributed by atoms with Gasteiger partial charge in [-0.15, -0.1) is 0 Å². The van der Waals surface area contributed by atoms with Crippen LogP contribution in [0.5, 0.6) is 11.5 Å². The van der Waals surface area contributed by atoms with Gasteiger partial charge in [-0.1, -0.05) is 0 Å². The molecule has 0 aliphatic carbocycles. The van der Waals surface area contributed by atoms with Crippen LogP contribution < -0.4 is 14.8 Å². The van der Waals surface area contributed by atoms with Crippen LogP contribution in [0.1, 0.15) is 5.56 Å². The number of hydrogen-bond acceptors (Lipinski definition) is 3. The maximum absolute atomic E-state index is 13.2. The molecular weight excluding hydrogens is 393 g/mol. The molecule has 104 valence electrons. The molecule has 0 spiro atoms. The Hall–Kier alpha value is -1.27. The molecule has 0 amide bonds. The SMILES string of the molecule is Fc1ccc(Br)c(NCc2cc(Br)c3c(c2)OCO3)c1. The van der Waals surface area contributed by atoms with Crippen molar-refractivity contribution in [1.29, 1.82) is 0 Å². The molecule has 0 radical (unpaired) electrons. The van der Waals surface area contributed by atoms with E-state index >= 15 is 0 Å². The molecule has 0 saturated heterocycles. The molecule has 2 aromatic rings. The highest BCUT2D eigenvalue weighted by atomic mass is 79.9. The molecule has 2 aromatic carbocycles. The standard InChI is InChI=1S/C14H10Br2FNO2/c15-10-2-1-9(17)5-12(10)18-6-8-3-11(16)14-13(4-8)19-7-20-14/h1-5,18H,6-7H2. The van der Waals surface area contributed by atoms with E-state index in [9.17, 15) is 4.39 Å². The van der Waals surface area contributed by atoms with Gasteiger partial charge in [-0.05, 0) is 67.8 Å². The normalized spacial score (nSPS) is 12.6. The fourth-order valence-electron chi connectivity index (χ4n) is 1.95. The van der Waals surface area contributed by atoms with Crippen LogP contribution in [0.4, 0.5) is 10.1 Å². The number of hydrogen-bond donors (Lipinski definition) is 1. The Kier molecular flexibility index (Phi) is 3.85. The van der Waals surface area contributed by atoms with Crippen LogP contribution >= 0.6 is 31.9 Å². The highest BCUT2D eigenvalue weighted by Gasteiger charge is 2.17. The van der Waals surface area contributed by atoms with E-state index in [1.807, 2.05) is 12.1 Å². The first-order valence-electron chi connectivity index (χ1n) is 5.90. The minimum Gasteiger partial charge on any atom is -0.454 e. The minimum atomic E-state index is -0.275. The van der Waals surface area contributed by atoms with E-state index in [1.165, 1.54) is 12.1 Å². The van der Waals surface area contributed by atoms with Gasteiger partial charge in [0.25, 0.3) is 0 Å². The van der Waals surface area contributed by atoms with E-state index in [1.54, 1.807) is 6.07 Å². The smallest absolute Gasteiger partial charge is 0.231 e. The third-order valence-electron chi connectivity index (χ3n) is 2.90. The van der Waals surface area contributed by atoms with Crippen LogP contribution in [0.2, 0.25) is 0 Å². The van der Waals surface area contributed by atoms with Crippen molar-refractivity contribution < 1.29 is 13.9 Å². The van der Waals surface area contributed by atoms with Crippen molar-refractivity contribution in [2.75, 3.05) is 12.1 Å². The molecule has 3 nitrogen and oxygen atoms in total. The molecule has 3 rings (SSSR count). The summed E-state index contributed by atoms with van der Waals surface area (Å²) in [4.78, 5) is 0. The van der Waals surface area contributed by atoms with Crippen LogP contribution in [0.25, 0.3) is 0 Å². The molecule has 0 aromatic heterocycles. The molecular formula is C14H10Br2FNO2. The van der Waals surface area contributed by atoms with Gasteiger partial charge < -0.3 is 14.8 Å². The van der Waals surface area contributed by atoms with E-state index in [4.69, 9.17) is 9.47 Å².